The van der Waals surface area contributed by atoms with Crippen molar-refractivity contribution < 1.29 is 43.2 Å². The number of carbonyl (C=O) groups is 3. The fraction of sp³-hybridized carbons (Fsp3) is 0.812. The van der Waals surface area contributed by atoms with Crippen LogP contribution in [-0.4, -0.2) is 66.9 Å². The largest absolute Gasteiger partial charge is 0.467 e. The number of esters is 3. The third-order valence-corrected chi connectivity index (χ3v) is 4.77. The summed E-state index contributed by atoms with van der Waals surface area (Å²) in [6, 6.07) is 0. The predicted octanol–water partition coefficient (Wildman–Crippen LogP) is 0.0694. The maximum Gasteiger partial charge on any atom is 0.339 e. The van der Waals surface area contributed by atoms with E-state index in [-0.39, 0.29) is 12.8 Å². The molecule has 0 bridgehead atoms. The van der Waals surface area contributed by atoms with Crippen LogP contribution in [0.15, 0.2) is 0 Å². The zero-order chi connectivity index (χ0) is 18.8. The normalized spacial score (nSPS) is 37.6. The summed E-state index contributed by atoms with van der Waals surface area (Å²) in [5.74, 6) is -2.18. The first-order chi connectivity index (χ1) is 11.7. The molecule has 0 aromatic heterocycles. The van der Waals surface area contributed by atoms with Gasteiger partial charge in [-0.1, -0.05) is 6.42 Å². The Morgan fingerprint density at radius 1 is 1.08 bits per heavy atom. The molecule has 0 radical (unpaired) electrons. The Bertz CT molecular complexity index is 548. The molecular formula is C16H24O9. The molecule has 9 heteroatoms. The van der Waals surface area contributed by atoms with Crippen molar-refractivity contribution in [2.24, 2.45) is 0 Å². The van der Waals surface area contributed by atoms with Gasteiger partial charge in [0, 0.05) is 21.0 Å². The standard InChI is InChI=1S/C16H24O9/c1-9(17)23-12-14(22-4)24-11(13(19)21-3)16(25-10(2)18)8-6-5-7-15(12,16)20/h11-12,14,20H,5-8H2,1-4H3/t11-,12+,14-,15+,16+/m0/s1. The van der Waals surface area contributed by atoms with Crippen molar-refractivity contribution in [2.45, 2.75) is 69.2 Å². The van der Waals surface area contributed by atoms with Gasteiger partial charge in [0.2, 0.25) is 6.10 Å². The van der Waals surface area contributed by atoms with Gasteiger partial charge in [-0.3, -0.25) is 9.59 Å². The van der Waals surface area contributed by atoms with E-state index < -0.39 is 47.6 Å². The summed E-state index contributed by atoms with van der Waals surface area (Å²) in [6.07, 6.45) is -2.46. The summed E-state index contributed by atoms with van der Waals surface area (Å²) >= 11 is 0. The minimum Gasteiger partial charge on any atom is -0.467 e. The highest BCUT2D eigenvalue weighted by molar-refractivity contribution is 5.78. The fourth-order valence-electron chi connectivity index (χ4n) is 3.81. The van der Waals surface area contributed by atoms with Gasteiger partial charge >= 0.3 is 17.9 Å². The van der Waals surface area contributed by atoms with E-state index in [0.717, 1.165) is 7.11 Å². The average molecular weight is 360 g/mol. The second-order valence-electron chi connectivity index (χ2n) is 6.29. The first-order valence-electron chi connectivity index (χ1n) is 8.07. The van der Waals surface area contributed by atoms with Gasteiger partial charge in [0.15, 0.2) is 18.0 Å². The van der Waals surface area contributed by atoms with Crippen molar-refractivity contribution in [1.29, 1.82) is 0 Å². The van der Waals surface area contributed by atoms with Gasteiger partial charge in [0.1, 0.15) is 5.60 Å². The molecule has 1 heterocycles. The second-order valence-corrected chi connectivity index (χ2v) is 6.29. The molecule has 1 aliphatic heterocycles. The van der Waals surface area contributed by atoms with Crippen LogP contribution in [0.2, 0.25) is 0 Å². The molecule has 1 N–H and O–H groups in total. The predicted molar refractivity (Wildman–Crippen MR) is 81.2 cm³/mol. The van der Waals surface area contributed by atoms with Crippen LogP contribution in [0.1, 0.15) is 39.5 Å². The van der Waals surface area contributed by atoms with E-state index in [1.165, 1.54) is 21.0 Å². The molecule has 0 unspecified atom stereocenters. The van der Waals surface area contributed by atoms with Gasteiger partial charge in [0.05, 0.1) is 7.11 Å². The van der Waals surface area contributed by atoms with Crippen molar-refractivity contribution in [1.82, 2.24) is 0 Å². The topological polar surface area (TPSA) is 118 Å². The van der Waals surface area contributed by atoms with Gasteiger partial charge in [-0.25, -0.2) is 4.79 Å². The number of hydrogen-bond donors (Lipinski definition) is 1. The fourth-order valence-corrected chi connectivity index (χ4v) is 3.81. The number of carbonyl (C=O) groups excluding carboxylic acids is 3. The van der Waals surface area contributed by atoms with E-state index in [9.17, 15) is 19.5 Å². The molecule has 1 saturated heterocycles. The first-order valence-corrected chi connectivity index (χ1v) is 8.07. The summed E-state index contributed by atoms with van der Waals surface area (Å²) in [7, 11) is 2.45. The minimum absolute atomic E-state index is 0.134. The lowest BCUT2D eigenvalue weighted by molar-refractivity contribution is -0.363. The summed E-state index contributed by atoms with van der Waals surface area (Å²) < 4.78 is 26.3. The van der Waals surface area contributed by atoms with E-state index in [0.29, 0.717) is 12.8 Å². The van der Waals surface area contributed by atoms with Crippen LogP contribution in [0.4, 0.5) is 0 Å². The van der Waals surface area contributed by atoms with Gasteiger partial charge in [-0.05, 0) is 19.3 Å². The van der Waals surface area contributed by atoms with Crippen molar-refractivity contribution >= 4 is 17.9 Å². The SMILES string of the molecule is COC(=O)[C@@H]1O[C@H](OC)[C@@H](OC(C)=O)[C@]2(O)CCCC[C@@]12OC(C)=O. The summed E-state index contributed by atoms with van der Waals surface area (Å²) in [5, 5.41) is 11.5. The Morgan fingerprint density at radius 3 is 2.24 bits per heavy atom. The maximum atomic E-state index is 12.3. The van der Waals surface area contributed by atoms with E-state index in [1.807, 2.05) is 0 Å². The van der Waals surface area contributed by atoms with Crippen LogP contribution in [0, 0.1) is 0 Å². The quantitative estimate of drug-likeness (QED) is 0.549. The highest BCUT2D eigenvalue weighted by Gasteiger charge is 2.71. The van der Waals surface area contributed by atoms with Crippen LogP contribution < -0.4 is 0 Å². The highest BCUT2D eigenvalue weighted by atomic mass is 16.7. The van der Waals surface area contributed by atoms with Gasteiger partial charge < -0.3 is 28.8 Å². The molecule has 2 rings (SSSR count). The van der Waals surface area contributed by atoms with Crippen LogP contribution in [-0.2, 0) is 38.1 Å². The molecule has 2 fully saturated rings. The zero-order valence-corrected chi connectivity index (χ0v) is 14.8. The van der Waals surface area contributed by atoms with Gasteiger partial charge in [0.25, 0.3) is 0 Å². The monoisotopic (exact) mass is 360 g/mol. The second kappa shape index (κ2) is 7.27. The lowest BCUT2D eigenvalue weighted by Gasteiger charge is -2.58. The summed E-state index contributed by atoms with van der Waals surface area (Å²) in [5.41, 5.74) is -3.60. The van der Waals surface area contributed by atoms with Crippen LogP contribution in [0.3, 0.4) is 0 Å². The third-order valence-electron chi connectivity index (χ3n) is 4.77. The van der Waals surface area contributed by atoms with Crippen LogP contribution in [0.25, 0.3) is 0 Å². The summed E-state index contributed by atoms with van der Waals surface area (Å²) in [4.78, 5) is 35.6. The Kier molecular flexibility index (Phi) is 5.70. The number of ether oxygens (including phenoxy) is 5. The maximum absolute atomic E-state index is 12.3. The molecule has 25 heavy (non-hydrogen) atoms. The number of rotatable bonds is 4. The van der Waals surface area contributed by atoms with Gasteiger partial charge in [-0.2, -0.15) is 0 Å². The lowest BCUT2D eigenvalue weighted by Crippen LogP contribution is -2.78. The molecule has 0 spiro atoms. The lowest BCUT2D eigenvalue weighted by atomic mass is 9.64. The summed E-state index contributed by atoms with van der Waals surface area (Å²) in [6.45, 7) is 2.35. The van der Waals surface area contributed by atoms with E-state index in [4.69, 9.17) is 23.7 Å². The van der Waals surface area contributed by atoms with E-state index in [1.54, 1.807) is 0 Å². The average Bonchev–Trinajstić information content (AvgIpc) is 2.54. The molecule has 1 saturated carbocycles. The van der Waals surface area contributed by atoms with Crippen molar-refractivity contribution in [2.75, 3.05) is 14.2 Å². The molecular weight excluding hydrogens is 336 g/mol. The highest BCUT2D eigenvalue weighted by Crippen LogP contribution is 2.51. The molecule has 0 aromatic rings. The molecule has 5 atom stereocenters. The number of hydrogen-bond acceptors (Lipinski definition) is 9. The van der Waals surface area contributed by atoms with Gasteiger partial charge in [-0.15, -0.1) is 0 Å². The molecule has 142 valence electrons. The Labute approximate surface area is 145 Å². The first kappa shape index (κ1) is 19.6. The Hall–Kier alpha value is -1.71. The minimum atomic E-state index is -1.86. The number of aliphatic hydroxyl groups is 1. The van der Waals surface area contributed by atoms with Crippen molar-refractivity contribution in [3.63, 3.8) is 0 Å². The van der Waals surface area contributed by atoms with Crippen molar-refractivity contribution in [3.8, 4) is 0 Å². The third kappa shape index (κ3) is 3.23. The number of fused-ring (bicyclic) bond motifs is 1. The molecule has 0 aromatic carbocycles. The molecule has 2 aliphatic rings. The number of methoxy groups -OCH3 is 2. The molecule has 1 aliphatic carbocycles. The van der Waals surface area contributed by atoms with E-state index >= 15 is 0 Å². The zero-order valence-electron chi connectivity index (χ0n) is 14.8. The van der Waals surface area contributed by atoms with Crippen LogP contribution >= 0.6 is 0 Å². The van der Waals surface area contributed by atoms with Crippen molar-refractivity contribution in [3.05, 3.63) is 0 Å². The molecule has 0 amide bonds. The van der Waals surface area contributed by atoms with E-state index in [2.05, 4.69) is 0 Å². The smallest absolute Gasteiger partial charge is 0.339 e. The Morgan fingerprint density at radius 2 is 1.72 bits per heavy atom. The Balaban J connectivity index is 2.60. The van der Waals surface area contributed by atoms with Crippen LogP contribution in [0.5, 0.6) is 0 Å². The molecule has 9 nitrogen and oxygen atoms in total.